The molecular formula is C29H29ClN2O9S. The molecule has 0 bridgehead atoms. The first-order chi connectivity index (χ1) is 20.1. The number of amides is 1. The van der Waals surface area contributed by atoms with E-state index in [1.54, 1.807) is 24.3 Å². The van der Waals surface area contributed by atoms with Crippen LogP contribution in [0.15, 0.2) is 65.6 Å². The Bertz CT molecular complexity index is 1660. The Hall–Kier alpha value is -3.84. The van der Waals surface area contributed by atoms with E-state index in [-0.39, 0.29) is 51.2 Å². The summed E-state index contributed by atoms with van der Waals surface area (Å²) in [4.78, 5) is 29.3. The molecule has 222 valence electrons. The van der Waals surface area contributed by atoms with Crippen LogP contribution < -0.4 is 18.5 Å². The Morgan fingerprint density at radius 1 is 0.929 bits per heavy atom. The van der Waals surface area contributed by atoms with Gasteiger partial charge in [-0.1, -0.05) is 29.8 Å². The number of β-amino-alcohol motifs (C(OH)–C–C–N with tert-alkyl or cyclic N) is 1. The van der Waals surface area contributed by atoms with Gasteiger partial charge in [-0.25, -0.2) is 12.7 Å². The number of likely N-dealkylation sites (tertiary alicyclic amines) is 1. The number of aliphatic hydroxyl groups excluding tert-OH is 1. The molecule has 3 aromatic carbocycles. The minimum absolute atomic E-state index is 0.0232. The maximum Gasteiger partial charge on any atom is 0.323 e. The summed E-state index contributed by atoms with van der Waals surface area (Å²) >= 11 is 6.47. The number of esters is 1. The van der Waals surface area contributed by atoms with Gasteiger partial charge in [0.05, 0.1) is 45.1 Å². The number of carbonyl (C=O) groups excluding carboxylic acids is 2. The molecule has 2 aliphatic heterocycles. The highest BCUT2D eigenvalue weighted by Crippen LogP contribution is 2.55. The molecule has 3 atom stereocenters. The molecule has 0 radical (unpaired) electrons. The van der Waals surface area contributed by atoms with Crippen LogP contribution in [0.25, 0.3) is 0 Å². The lowest BCUT2D eigenvalue weighted by Gasteiger charge is -2.41. The lowest BCUT2D eigenvalue weighted by atomic mass is 9.81. The summed E-state index contributed by atoms with van der Waals surface area (Å²) in [6.07, 6.45) is -1.07. The van der Waals surface area contributed by atoms with Crippen LogP contribution in [0.5, 0.6) is 17.2 Å². The van der Waals surface area contributed by atoms with E-state index < -0.39 is 39.6 Å². The van der Waals surface area contributed by atoms with E-state index >= 15 is 4.79 Å². The highest BCUT2D eigenvalue weighted by Gasteiger charge is 2.64. The fourth-order valence-corrected chi connectivity index (χ4v) is 7.50. The molecule has 1 fully saturated rings. The van der Waals surface area contributed by atoms with E-state index in [9.17, 15) is 18.3 Å². The number of hydrogen-bond acceptors (Lipinski definition) is 10. The number of methoxy groups -OCH3 is 4. The lowest BCUT2D eigenvalue weighted by Crippen LogP contribution is -2.58. The van der Waals surface area contributed by atoms with Crippen LogP contribution in [0.2, 0.25) is 5.02 Å². The van der Waals surface area contributed by atoms with Gasteiger partial charge < -0.3 is 24.1 Å². The van der Waals surface area contributed by atoms with E-state index in [4.69, 9.17) is 30.5 Å². The fraction of sp³-hybridized carbons (Fsp3) is 0.310. The van der Waals surface area contributed by atoms with Crippen LogP contribution in [-0.2, 0) is 29.9 Å². The quantitative estimate of drug-likeness (QED) is 0.377. The van der Waals surface area contributed by atoms with Gasteiger partial charge >= 0.3 is 5.97 Å². The summed E-state index contributed by atoms with van der Waals surface area (Å²) in [5, 5.41) is 11.0. The molecule has 2 aliphatic rings. The zero-order chi connectivity index (χ0) is 30.4. The molecule has 13 heteroatoms. The molecule has 0 spiro atoms. The van der Waals surface area contributed by atoms with Crippen LogP contribution in [0.3, 0.4) is 0 Å². The zero-order valence-corrected chi connectivity index (χ0v) is 24.8. The molecule has 0 aromatic heterocycles. The van der Waals surface area contributed by atoms with Crippen LogP contribution in [0, 0.1) is 0 Å². The van der Waals surface area contributed by atoms with Gasteiger partial charge in [-0.3, -0.25) is 14.5 Å². The second kappa shape index (κ2) is 11.1. The van der Waals surface area contributed by atoms with Crippen molar-refractivity contribution in [2.45, 2.75) is 29.0 Å². The van der Waals surface area contributed by atoms with Gasteiger partial charge in [0.1, 0.15) is 11.8 Å². The average Bonchev–Trinajstić information content (AvgIpc) is 3.51. The van der Waals surface area contributed by atoms with Crippen LogP contribution in [0.1, 0.15) is 17.5 Å². The van der Waals surface area contributed by atoms with Crippen LogP contribution in [-0.4, -0.2) is 77.4 Å². The molecule has 0 saturated carbocycles. The van der Waals surface area contributed by atoms with E-state index in [0.29, 0.717) is 10.1 Å². The second-order valence-corrected chi connectivity index (χ2v) is 12.0. The average molecular weight is 617 g/mol. The molecule has 42 heavy (non-hydrogen) atoms. The Morgan fingerprint density at radius 3 is 2.29 bits per heavy atom. The number of halogens is 1. The molecule has 1 saturated heterocycles. The number of sulfonamides is 1. The van der Waals surface area contributed by atoms with Crippen molar-refractivity contribution in [2.24, 2.45) is 0 Å². The summed E-state index contributed by atoms with van der Waals surface area (Å²) in [6, 6.07) is 13.9. The highest BCUT2D eigenvalue weighted by molar-refractivity contribution is 7.93. The van der Waals surface area contributed by atoms with Crippen molar-refractivity contribution in [2.75, 3.05) is 39.3 Å². The summed E-state index contributed by atoms with van der Waals surface area (Å²) < 4.78 is 50.7. The smallest absolute Gasteiger partial charge is 0.323 e. The van der Waals surface area contributed by atoms with Crippen molar-refractivity contribution < 1.29 is 42.1 Å². The second-order valence-electron chi connectivity index (χ2n) is 9.74. The Labute approximate surface area is 248 Å². The van der Waals surface area contributed by atoms with Gasteiger partial charge in [0.25, 0.3) is 15.9 Å². The largest absolute Gasteiger partial charge is 0.496 e. The molecular weight excluding hydrogens is 588 g/mol. The predicted octanol–water partition coefficient (Wildman–Crippen LogP) is 2.95. The van der Waals surface area contributed by atoms with E-state index in [2.05, 4.69) is 0 Å². The molecule has 1 N–H and O–H groups in total. The number of fused-ring (bicyclic) bond motifs is 1. The maximum atomic E-state index is 15.0. The van der Waals surface area contributed by atoms with Gasteiger partial charge in [-0.15, -0.1) is 0 Å². The third-order valence-electron chi connectivity index (χ3n) is 7.63. The van der Waals surface area contributed by atoms with Gasteiger partial charge in [0.2, 0.25) is 0 Å². The molecule has 2 heterocycles. The number of rotatable bonds is 8. The Morgan fingerprint density at radius 2 is 1.62 bits per heavy atom. The first-order valence-corrected chi connectivity index (χ1v) is 14.7. The van der Waals surface area contributed by atoms with Crippen molar-refractivity contribution in [1.82, 2.24) is 4.90 Å². The summed E-state index contributed by atoms with van der Waals surface area (Å²) in [5.74, 6) is -0.912. The van der Waals surface area contributed by atoms with E-state index in [1.807, 2.05) is 0 Å². The van der Waals surface area contributed by atoms with Crippen LogP contribution in [0.4, 0.5) is 5.69 Å². The molecule has 5 rings (SSSR count). The van der Waals surface area contributed by atoms with Gasteiger partial charge in [-0.2, -0.15) is 0 Å². The first-order valence-electron chi connectivity index (χ1n) is 12.8. The third kappa shape index (κ3) is 4.37. The van der Waals surface area contributed by atoms with Crippen molar-refractivity contribution in [3.8, 4) is 17.2 Å². The van der Waals surface area contributed by atoms with Crippen LogP contribution >= 0.6 is 11.6 Å². The van der Waals surface area contributed by atoms with Gasteiger partial charge in [0, 0.05) is 35.2 Å². The molecule has 11 nitrogen and oxygen atoms in total. The number of aliphatic hydroxyl groups is 1. The molecule has 3 aromatic rings. The summed E-state index contributed by atoms with van der Waals surface area (Å²) in [7, 11) is 0.805. The van der Waals surface area contributed by atoms with Crippen molar-refractivity contribution >= 4 is 39.2 Å². The number of ether oxygens (including phenoxy) is 4. The maximum absolute atomic E-state index is 15.0. The molecule has 0 unspecified atom stereocenters. The number of anilines is 1. The number of para-hydroxylation sites is 1. The number of nitrogens with zero attached hydrogens (tertiary/aromatic N) is 2. The van der Waals surface area contributed by atoms with Gasteiger partial charge in [-0.05, 0) is 36.4 Å². The number of carbonyl (C=O) groups is 2. The standard InChI is InChI=1S/C29H29ClN2O9S/c1-38-24-8-6-5-7-20(24)29(31-16-18(33)14-23(31)27(34)41-4)21-13-17(30)9-11-22(21)32(28(29)35)42(36,37)19-10-12-25(39-2)26(15-19)40-3/h5-13,15,18,23,33H,14,16H2,1-4H3/t18-,23+,29+/m1/s1. The van der Waals surface area contributed by atoms with E-state index in [0.717, 1.165) is 0 Å². The van der Waals surface area contributed by atoms with Gasteiger partial charge in [0.15, 0.2) is 17.0 Å². The fourth-order valence-electron chi connectivity index (χ4n) is 5.85. The molecule has 0 aliphatic carbocycles. The summed E-state index contributed by atoms with van der Waals surface area (Å²) in [5.41, 5.74) is -1.49. The van der Waals surface area contributed by atoms with E-state index in [1.165, 1.54) is 69.7 Å². The zero-order valence-electron chi connectivity index (χ0n) is 23.2. The Balaban J connectivity index is 1.84. The highest BCUT2D eigenvalue weighted by atomic mass is 35.5. The minimum Gasteiger partial charge on any atom is -0.496 e. The molecule has 1 amide bonds. The van der Waals surface area contributed by atoms with Crippen molar-refractivity contribution in [3.05, 3.63) is 76.8 Å². The monoisotopic (exact) mass is 616 g/mol. The number of benzene rings is 3. The first kappa shape index (κ1) is 29.6. The lowest BCUT2D eigenvalue weighted by molar-refractivity contribution is -0.149. The summed E-state index contributed by atoms with van der Waals surface area (Å²) in [6.45, 7) is -0.153. The van der Waals surface area contributed by atoms with Crippen molar-refractivity contribution in [3.63, 3.8) is 0 Å². The Kier molecular flexibility index (Phi) is 7.84. The third-order valence-corrected chi connectivity index (χ3v) is 9.56. The number of hydrogen-bond donors (Lipinski definition) is 1. The van der Waals surface area contributed by atoms with Crippen molar-refractivity contribution in [1.29, 1.82) is 0 Å². The SMILES string of the molecule is COC(=O)[C@@H]1C[C@@H](O)CN1[C@]1(c2ccccc2OC)C(=O)N(S(=O)(=O)c2ccc(OC)c(OC)c2)c2ccc(Cl)cc21. The topological polar surface area (TPSA) is 132 Å². The minimum atomic E-state index is -4.60. The normalized spacial score (nSPS) is 22.1. The predicted molar refractivity (Wildman–Crippen MR) is 153 cm³/mol.